The van der Waals surface area contributed by atoms with Crippen molar-refractivity contribution < 1.29 is 19.1 Å². The predicted octanol–water partition coefficient (Wildman–Crippen LogP) is 5.69. The van der Waals surface area contributed by atoms with Crippen LogP contribution in [0, 0.1) is 0 Å². The Kier molecular flexibility index (Phi) is 9.29. The van der Waals surface area contributed by atoms with E-state index in [0.29, 0.717) is 6.54 Å². The van der Waals surface area contributed by atoms with Crippen LogP contribution in [0.4, 0.5) is 4.79 Å². The van der Waals surface area contributed by atoms with Crippen LogP contribution in [0.5, 0.6) is 0 Å². The van der Waals surface area contributed by atoms with Gasteiger partial charge in [-0.1, -0.05) is 68.7 Å². The zero-order valence-corrected chi connectivity index (χ0v) is 20.2. The Hall–Kier alpha value is -0.173. The molecular weight excluding hydrogens is 417 g/mol. The van der Waals surface area contributed by atoms with Gasteiger partial charge in [0.2, 0.25) is 3.79 Å². The Bertz CT molecular complexity index is 494. The van der Waals surface area contributed by atoms with Crippen molar-refractivity contribution in [2.24, 2.45) is 0 Å². The number of hydrogen-bond acceptors (Lipinski definition) is 4. The zero-order chi connectivity index (χ0) is 21.0. The Morgan fingerprint density at radius 3 is 1.92 bits per heavy atom. The normalized spacial score (nSPS) is 14.6. The minimum absolute atomic E-state index is 0.0166. The molecular formula is C17H32Cl3NO4Si. The lowest BCUT2D eigenvalue weighted by Crippen LogP contribution is -2.48. The van der Waals surface area contributed by atoms with Crippen molar-refractivity contribution in [3.63, 3.8) is 0 Å². The fourth-order valence-electron chi connectivity index (χ4n) is 2.14. The van der Waals surface area contributed by atoms with Crippen LogP contribution in [0.15, 0.2) is 0 Å². The summed E-state index contributed by atoms with van der Waals surface area (Å²) >= 11 is 16.9. The summed E-state index contributed by atoms with van der Waals surface area (Å²) in [5, 5.41) is 2.80. The minimum Gasteiger partial charge on any atom is -0.461 e. The molecule has 1 amide bonds. The molecule has 1 atom stereocenters. The van der Waals surface area contributed by atoms with E-state index in [1.54, 1.807) is 20.8 Å². The molecule has 0 saturated carbocycles. The lowest BCUT2D eigenvalue weighted by Gasteiger charge is -2.43. The van der Waals surface area contributed by atoms with Crippen LogP contribution in [0.2, 0.25) is 23.7 Å². The quantitative estimate of drug-likeness (QED) is 0.322. The van der Waals surface area contributed by atoms with Gasteiger partial charge in [-0.25, -0.2) is 4.79 Å². The number of carbonyl (C=O) groups excluding carboxylic acids is 2. The molecule has 9 heteroatoms. The Labute approximate surface area is 173 Å². The average Bonchev–Trinajstić information content (AvgIpc) is 2.36. The lowest BCUT2D eigenvalue weighted by molar-refractivity contribution is -0.143. The first-order valence-electron chi connectivity index (χ1n) is 8.54. The molecule has 0 saturated heterocycles. The molecule has 1 unspecified atom stereocenters. The van der Waals surface area contributed by atoms with Crippen molar-refractivity contribution in [1.82, 2.24) is 5.32 Å². The highest BCUT2D eigenvalue weighted by atomic mass is 35.6. The summed E-state index contributed by atoms with van der Waals surface area (Å²) in [6.45, 7) is 16.2. The molecule has 1 N–H and O–H groups in total. The van der Waals surface area contributed by atoms with Gasteiger partial charge in [-0.05, 0) is 31.4 Å². The van der Waals surface area contributed by atoms with E-state index >= 15 is 0 Å². The van der Waals surface area contributed by atoms with Crippen LogP contribution in [-0.4, -0.2) is 42.7 Å². The summed E-state index contributed by atoms with van der Waals surface area (Å²) in [6, 6.07) is 0. The van der Waals surface area contributed by atoms with Gasteiger partial charge in [0.05, 0.1) is 8.07 Å². The van der Waals surface area contributed by atoms with Crippen LogP contribution in [0.1, 0.15) is 48.0 Å². The van der Waals surface area contributed by atoms with Gasteiger partial charge in [0.15, 0.2) is 0 Å². The van der Waals surface area contributed by atoms with Crippen LogP contribution in [0.25, 0.3) is 0 Å². The molecule has 5 nitrogen and oxygen atoms in total. The van der Waals surface area contributed by atoms with Gasteiger partial charge in [0, 0.05) is 13.0 Å². The maximum atomic E-state index is 12.2. The van der Waals surface area contributed by atoms with E-state index in [0.717, 1.165) is 0 Å². The summed E-state index contributed by atoms with van der Waals surface area (Å²) in [5.41, 5.74) is -0.641. The van der Waals surface area contributed by atoms with E-state index in [2.05, 4.69) is 39.2 Å². The molecule has 0 fully saturated rings. The average molecular weight is 449 g/mol. The number of esters is 1. The zero-order valence-electron chi connectivity index (χ0n) is 17.0. The largest absolute Gasteiger partial charge is 0.461 e. The molecule has 0 aromatic heterocycles. The summed E-state index contributed by atoms with van der Waals surface area (Å²) in [6.07, 6.45) is -0.358. The molecule has 0 aliphatic rings. The van der Waals surface area contributed by atoms with Crippen molar-refractivity contribution in [3.8, 4) is 0 Å². The van der Waals surface area contributed by atoms with Gasteiger partial charge in [-0.2, -0.15) is 0 Å². The van der Waals surface area contributed by atoms with E-state index in [1.165, 1.54) is 0 Å². The molecule has 0 aromatic carbocycles. The molecule has 0 spiro atoms. The highest BCUT2D eigenvalue weighted by molar-refractivity contribution is 6.81. The maximum absolute atomic E-state index is 12.2. The molecule has 0 aromatic rings. The van der Waals surface area contributed by atoms with Crippen molar-refractivity contribution in [2.45, 2.75) is 81.0 Å². The number of halogens is 3. The number of hydrogen-bond donors (Lipinski definition) is 1. The Balaban J connectivity index is 5.09. The highest BCUT2D eigenvalue weighted by Crippen LogP contribution is 2.44. The second kappa shape index (κ2) is 9.35. The molecule has 26 heavy (non-hydrogen) atoms. The Morgan fingerprint density at radius 2 is 1.54 bits per heavy atom. The predicted molar refractivity (Wildman–Crippen MR) is 111 cm³/mol. The van der Waals surface area contributed by atoms with Crippen molar-refractivity contribution in [2.75, 3.05) is 13.2 Å². The monoisotopic (exact) mass is 447 g/mol. The Morgan fingerprint density at radius 1 is 1.04 bits per heavy atom. The number of amides is 1. The second-order valence-corrected chi connectivity index (χ2v) is 17.3. The van der Waals surface area contributed by atoms with Crippen LogP contribution in [-0.2, 0) is 14.3 Å². The standard InChI is InChI=1S/C17H32Cl3NO4Si/c1-15(2,3)25-14(23)21-10-12(26(7,8)16(4,5)6)9-13(22)24-11-17(18,19)20/h12H,9-11H2,1-8H3,(H,21,23). The number of nitrogens with one attached hydrogen (secondary N) is 1. The van der Waals surface area contributed by atoms with Gasteiger partial charge < -0.3 is 14.8 Å². The summed E-state index contributed by atoms with van der Waals surface area (Å²) in [4.78, 5) is 24.2. The number of ether oxygens (including phenoxy) is 2. The van der Waals surface area contributed by atoms with Crippen LogP contribution < -0.4 is 5.32 Å². The lowest BCUT2D eigenvalue weighted by atomic mass is 10.2. The van der Waals surface area contributed by atoms with Gasteiger partial charge in [0.25, 0.3) is 0 Å². The van der Waals surface area contributed by atoms with E-state index in [4.69, 9.17) is 44.3 Å². The third-order valence-corrected chi connectivity index (χ3v) is 11.3. The number of carbonyl (C=O) groups is 2. The van der Waals surface area contributed by atoms with E-state index < -0.39 is 29.5 Å². The molecule has 0 heterocycles. The summed E-state index contributed by atoms with van der Waals surface area (Å²) in [7, 11) is -1.97. The third-order valence-electron chi connectivity index (χ3n) is 4.66. The van der Waals surface area contributed by atoms with Gasteiger partial charge >= 0.3 is 12.1 Å². The summed E-state index contributed by atoms with van der Waals surface area (Å²) < 4.78 is 8.71. The smallest absolute Gasteiger partial charge is 0.407 e. The first-order valence-corrected chi connectivity index (χ1v) is 12.8. The number of alkyl halides is 3. The number of rotatable bonds is 6. The molecule has 0 bridgehead atoms. The highest BCUT2D eigenvalue weighted by Gasteiger charge is 2.43. The molecule has 0 radical (unpaired) electrons. The van der Waals surface area contributed by atoms with E-state index in [-0.39, 0.29) is 23.6 Å². The van der Waals surface area contributed by atoms with Gasteiger partial charge in [-0.15, -0.1) is 0 Å². The first kappa shape index (κ1) is 25.8. The van der Waals surface area contributed by atoms with Crippen molar-refractivity contribution >= 4 is 54.9 Å². The van der Waals surface area contributed by atoms with Crippen molar-refractivity contribution in [1.29, 1.82) is 0 Å². The van der Waals surface area contributed by atoms with Gasteiger partial charge in [-0.3, -0.25) is 4.79 Å². The van der Waals surface area contributed by atoms with Crippen molar-refractivity contribution in [3.05, 3.63) is 0 Å². The molecule has 154 valence electrons. The fourth-order valence-corrected chi connectivity index (χ4v) is 4.82. The van der Waals surface area contributed by atoms with E-state index in [1.807, 2.05) is 0 Å². The first-order chi connectivity index (χ1) is 11.3. The molecule has 0 aliphatic heterocycles. The van der Waals surface area contributed by atoms with Crippen LogP contribution in [0.3, 0.4) is 0 Å². The molecule has 0 rings (SSSR count). The van der Waals surface area contributed by atoms with Crippen LogP contribution >= 0.6 is 34.8 Å². The second-order valence-electron chi connectivity index (χ2n) is 9.03. The number of alkyl carbamates (subject to hydrolysis) is 1. The minimum atomic E-state index is -1.97. The SMILES string of the molecule is CC(C)(C)OC(=O)NCC(CC(=O)OCC(Cl)(Cl)Cl)[Si](C)(C)C(C)(C)C. The summed E-state index contributed by atoms with van der Waals surface area (Å²) in [5.74, 6) is -0.447. The molecule has 0 aliphatic carbocycles. The third kappa shape index (κ3) is 10.2. The van der Waals surface area contributed by atoms with Gasteiger partial charge in [0.1, 0.15) is 12.2 Å². The topological polar surface area (TPSA) is 64.6 Å². The maximum Gasteiger partial charge on any atom is 0.407 e. The van der Waals surface area contributed by atoms with E-state index in [9.17, 15) is 9.59 Å². The fraction of sp³-hybridized carbons (Fsp3) is 0.882.